The molecule has 2 N–H and O–H groups in total. The zero-order valence-electron chi connectivity index (χ0n) is 10.4. The maximum atomic E-state index is 6.08. The SMILES string of the molecule is Clc1cccc(NCc2cn[nH]c2-c2cccs2)c1Br. The van der Waals surface area contributed by atoms with E-state index in [0.29, 0.717) is 11.6 Å². The van der Waals surface area contributed by atoms with Crippen LogP contribution in [-0.4, -0.2) is 10.2 Å². The first-order valence-electron chi connectivity index (χ1n) is 5.99. The summed E-state index contributed by atoms with van der Waals surface area (Å²) in [6.07, 6.45) is 1.85. The van der Waals surface area contributed by atoms with Gasteiger partial charge in [-0.05, 0) is 39.5 Å². The Kier molecular flexibility index (Phi) is 4.10. The monoisotopic (exact) mass is 367 g/mol. The fourth-order valence-electron chi connectivity index (χ4n) is 1.91. The number of rotatable bonds is 4. The molecule has 0 aliphatic rings. The summed E-state index contributed by atoms with van der Waals surface area (Å²) in [5.41, 5.74) is 3.15. The standard InChI is InChI=1S/C14H11BrClN3S/c15-13-10(16)3-1-4-11(13)17-7-9-8-18-19-14(9)12-5-2-6-20-12/h1-6,8,17H,7H2,(H,18,19). The van der Waals surface area contributed by atoms with E-state index in [9.17, 15) is 0 Å². The van der Waals surface area contributed by atoms with Crippen LogP contribution >= 0.6 is 38.9 Å². The molecule has 3 nitrogen and oxygen atoms in total. The summed E-state index contributed by atoms with van der Waals surface area (Å²) < 4.78 is 0.878. The number of halogens is 2. The van der Waals surface area contributed by atoms with E-state index in [4.69, 9.17) is 11.6 Å². The first kappa shape index (κ1) is 13.7. The second kappa shape index (κ2) is 5.99. The van der Waals surface area contributed by atoms with Crippen molar-refractivity contribution in [3.8, 4) is 10.6 Å². The van der Waals surface area contributed by atoms with Crippen molar-refractivity contribution in [1.29, 1.82) is 0 Å². The number of nitrogens with one attached hydrogen (secondary N) is 2. The molecule has 3 aromatic rings. The van der Waals surface area contributed by atoms with E-state index in [1.54, 1.807) is 11.3 Å². The van der Waals surface area contributed by atoms with Gasteiger partial charge in [0.05, 0.1) is 32.0 Å². The largest absolute Gasteiger partial charge is 0.380 e. The molecule has 3 rings (SSSR count). The molecule has 2 heterocycles. The average Bonchev–Trinajstić information content (AvgIpc) is 3.10. The number of hydrogen-bond acceptors (Lipinski definition) is 3. The van der Waals surface area contributed by atoms with Crippen molar-refractivity contribution in [3.05, 3.63) is 57.0 Å². The molecule has 0 radical (unpaired) electrons. The molecule has 6 heteroatoms. The van der Waals surface area contributed by atoms with Gasteiger partial charge in [0.2, 0.25) is 0 Å². The molecule has 0 bridgehead atoms. The van der Waals surface area contributed by atoms with Gasteiger partial charge in [-0.15, -0.1) is 11.3 Å². The van der Waals surface area contributed by atoms with Gasteiger partial charge in [0.1, 0.15) is 0 Å². The average molecular weight is 369 g/mol. The Balaban J connectivity index is 1.80. The number of aromatic nitrogens is 2. The highest BCUT2D eigenvalue weighted by Gasteiger charge is 2.09. The summed E-state index contributed by atoms with van der Waals surface area (Å²) in [6, 6.07) is 9.88. The normalized spacial score (nSPS) is 10.7. The van der Waals surface area contributed by atoms with Crippen LogP contribution in [0.4, 0.5) is 5.69 Å². The molecule has 0 saturated heterocycles. The molecule has 2 aromatic heterocycles. The highest BCUT2D eigenvalue weighted by atomic mass is 79.9. The molecule has 0 unspecified atom stereocenters. The second-order valence-corrected chi connectivity index (χ2v) is 6.35. The van der Waals surface area contributed by atoms with Crippen LogP contribution in [0.1, 0.15) is 5.56 Å². The predicted octanol–water partition coefficient (Wildman–Crippen LogP) is 5.17. The number of nitrogens with zero attached hydrogens (tertiary/aromatic N) is 1. The first-order valence-corrected chi connectivity index (χ1v) is 8.05. The van der Waals surface area contributed by atoms with Crippen molar-refractivity contribution in [2.45, 2.75) is 6.54 Å². The molecule has 20 heavy (non-hydrogen) atoms. The maximum Gasteiger partial charge on any atom is 0.0799 e. The molecule has 1 aromatic carbocycles. The quantitative estimate of drug-likeness (QED) is 0.667. The van der Waals surface area contributed by atoms with Crippen molar-refractivity contribution in [1.82, 2.24) is 10.2 Å². The van der Waals surface area contributed by atoms with Gasteiger partial charge in [-0.25, -0.2) is 0 Å². The number of anilines is 1. The van der Waals surface area contributed by atoms with E-state index in [2.05, 4.69) is 42.9 Å². The minimum atomic E-state index is 0.683. The van der Waals surface area contributed by atoms with E-state index in [1.807, 2.05) is 30.5 Å². The molecule has 102 valence electrons. The summed E-state index contributed by atoms with van der Waals surface area (Å²) in [7, 11) is 0. The summed E-state index contributed by atoms with van der Waals surface area (Å²) in [6.45, 7) is 0.683. The third-order valence-corrected chi connectivity index (χ3v) is 5.19. The fraction of sp³-hybridized carbons (Fsp3) is 0.0714. The van der Waals surface area contributed by atoms with Crippen LogP contribution in [0.5, 0.6) is 0 Å². The smallest absolute Gasteiger partial charge is 0.0799 e. The molecule has 0 spiro atoms. The van der Waals surface area contributed by atoms with Crippen molar-refractivity contribution >= 4 is 44.6 Å². The van der Waals surface area contributed by atoms with Gasteiger partial charge < -0.3 is 5.32 Å². The number of thiophene rings is 1. The zero-order chi connectivity index (χ0) is 13.9. The van der Waals surface area contributed by atoms with Gasteiger partial charge >= 0.3 is 0 Å². The van der Waals surface area contributed by atoms with Crippen LogP contribution in [0.3, 0.4) is 0 Å². The minimum Gasteiger partial charge on any atom is -0.380 e. The Morgan fingerprint density at radius 3 is 3.00 bits per heavy atom. The third kappa shape index (κ3) is 2.75. The van der Waals surface area contributed by atoms with E-state index in [-0.39, 0.29) is 0 Å². The van der Waals surface area contributed by atoms with Gasteiger partial charge in [-0.3, -0.25) is 5.10 Å². The van der Waals surface area contributed by atoms with Crippen molar-refractivity contribution in [2.24, 2.45) is 0 Å². The number of hydrogen-bond donors (Lipinski definition) is 2. The molecular weight excluding hydrogens is 358 g/mol. The Morgan fingerprint density at radius 1 is 1.30 bits per heavy atom. The zero-order valence-corrected chi connectivity index (χ0v) is 13.5. The van der Waals surface area contributed by atoms with E-state index >= 15 is 0 Å². The summed E-state index contributed by atoms with van der Waals surface area (Å²) in [4.78, 5) is 1.18. The Hall–Kier alpha value is -1.30. The van der Waals surface area contributed by atoms with Crippen LogP contribution in [-0.2, 0) is 6.54 Å². The summed E-state index contributed by atoms with van der Waals surface area (Å²) in [5.74, 6) is 0. The lowest BCUT2D eigenvalue weighted by atomic mass is 10.2. The Bertz CT molecular complexity index is 709. The van der Waals surface area contributed by atoms with E-state index < -0.39 is 0 Å². The first-order chi connectivity index (χ1) is 9.75. The van der Waals surface area contributed by atoms with Crippen LogP contribution in [0.25, 0.3) is 10.6 Å². The van der Waals surface area contributed by atoms with Gasteiger partial charge in [-0.2, -0.15) is 5.10 Å². The number of H-pyrrole nitrogens is 1. The predicted molar refractivity (Wildman–Crippen MR) is 88.4 cm³/mol. The molecule has 0 atom stereocenters. The molecule has 0 aliphatic carbocycles. The lowest BCUT2D eigenvalue weighted by Crippen LogP contribution is -2.00. The molecule has 0 saturated carbocycles. The van der Waals surface area contributed by atoms with Gasteiger partial charge in [0, 0.05) is 12.1 Å². The van der Waals surface area contributed by atoms with Crippen molar-refractivity contribution in [3.63, 3.8) is 0 Å². The number of aromatic amines is 1. The second-order valence-electron chi connectivity index (χ2n) is 4.20. The van der Waals surface area contributed by atoms with Gasteiger partial charge in [0.25, 0.3) is 0 Å². The Morgan fingerprint density at radius 2 is 2.20 bits per heavy atom. The van der Waals surface area contributed by atoms with Crippen LogP contribution < -0.4 is 5.32 Å². The Labute approximate surface area is 134 Å². The van der Waals surface area contributed by atoms with Crippen LogP contribution in [0, 0.1) is 0 Å². The summed E-state index contributed by atoms with van der Waals surface area (Å²) in [5, 5.41) is 13.3. The van der Waals surface area contributed by atoms with E-state index in [1.165, 1.54) is 4.88 Å². The lowest BCUT2D eigenvalue weighted by Gasteiger charge is -2.09. The van der Waals surface area contributed by atoms with Crippen molar-refractivity contribution in [2.75, 3.05) is 5.32 Å². The van der Waals surface area contributed by atoms with Crippen LogP contribution in [0.2, 0.25) is 5.02 Å². The summed E-state index contributed by atoms with van der Waals surface area (Å²) >= 11 is 11.3. The van der Waals surface area contributed by atoms with Gasteiger partial charge in [0.15, 0.2) is 0 Å². The van der Waals surface area contributed by atoms with Gasteiger partial charge in [-0.1, -0.05) is 23.7 Å². The maximum absolute atomic E-state index is 6.08. The molecule has 0 amide bonds. The van der Waals surface area contributed by atoms with Crippen LogP contribution in [0.15, 0.2) is 46.4 Å². The highest BCUT2D eigenvalue weighted by molar-refractivity contribution is 9.10. The lowest BCUT2D eigenvalue weighted by molar-refractivity contribution is 1.10. The van der Waals surface area contributed by atoms with Crippen molar-refractivity contribution < 1.29 is 0 Å². The number of benzene rings is 1. The fourth-order valence-corrected chi connectivity index (χ4v) is 3.24. The topological polar surface area (TPSA) is 40.7 Å². The highest BCUT2D eigenvalue weighted by Crippen LogP contribution is 2.31. The molecule has 0 fully saturated rings. The minimum absolute atomic E-state index is 0.683. The third-order valence-electron chi connectivity index (χ3n) is 2.91. The van der Waals surface area contributed by atoms with E-state index in [0.717, 1.165) is 21.4 Å². The molecular formula is C14H11BrClN3S. The molecule has 0 aliphatic heterocycles.